The van der Waals surface area contributed by atoms with Gasteiger partial charge in [-0.15, -0.1) is 0 Å². The van der Waals surface area contributed by atoms with Gasteiger partial charge in [0, 0.05) is 16.3 Å². The number of ether oxygens (including phenoxy) is 1. The fourth-order valence-electron chi connectivity index (χ4n) is 1.62. The third-order valence-electron chi connectivity index (χ3n) is 2.39. The quantitative estimate of drug-likeness (QED) is 0.807. The van der Waals surface area contributed by atoms with Crippen LogP contribution in [0.3, 0.4) is 0 Å². The summed E-state index contributed by atoms with van der Waals surface area (Å²) in [6.07, 6.45) is 1.65. The molecule has 0 heterocycles. The van der Waals surface area contributed by atoms with E-state index in [4.69, 9.17) is 4.74 Å². The number of hydrogen-bond acceptors (Lipinski definition) is 4. The molecule has 0 unspecified atom stereocenters. The monoisotopic (exact) mass is 336 g/mol. The van der Waals surface area contributed by atoms with Crippen molar-refractivity contribution in [1.29, 1.82) is 0 Å². The average Bonchev–Trinajstić information content (AvgIpc) is 2.24. The summed E-state index contributed by atoms with van der Waals surface area (Å²) in [6, 6.07) is 3.68. The molecule has 1 aromatic rings. The number of hydrogen-bond donors (Lipinski definition) is 1. The van der Waals surface area contributed by atoms with Gasteiger partial charge in [-0.05, 0) is 31.0 Å². The predicted molar refractivity (Wildman–Crippen MR) is 74.6 cm³/mol. The van der Waals surface area contributed by atoms with Crippen LogP contribution in [0.25, 0.3) is 0 Å². The Labute approximate surface area is 116 Å². The lowest BCUT2D eigenvalue weighted by molar-refractivity contribution is 0.262. The van der Waals surface area contributed by atoms with Gasteiger partial charge >= 0.3 is 0 Å². The van der Waals surface area contributed by atoms with Crippen molar-refractivity contribution in [2.45, 2.75) is 20.0 Å². The molecule has 0 radical (unpaired) electrons. The van der Waals surface area contributed by atoms with Crippen molar-refractivity contribution in [2.75, 3.05) is 18.6 Å². The van der Waals surface area contributed by atoms with Crippen molar-refractivity contribution in [1.82, 2.24) is 0 Å². The highest BCUT2D eigenvalue weighted by Crippen LogP contribution is 2.28. The normalized spacial score (nSPS) is 11.6. The van der Waals surface area contributed by atoms with Crippen molar-refractivity contribution < 1.29 is 18.3 Å². The van der Waals surface area contributed by atoms with Gasteiger partial charge in [-0.1, -0.05) is 15.9 Å². The number of rotatable bonds is 6. The van der Waals surface area contributed by atoms with E-state index in [0.717, 1.165) is 10.0 Å². The topological polar surface area (TPSA) is 63.6 Å². The molecule has 0 atom stereocenters. The highest BCUT2D eigenvalue weighted by atomic mass is 79.9. The first-order valence-corrected chi connectivity index (χ1v) is 8.39. The van der Waals surface area contributed by atoms with Crippen molar-refractivity contribution in [3.05, 3.63) is 27.7 Å². The third-order valence-corrected chi connectivity index (χ3v) is 3.88. The molecule has 0 spiro atoms. The summed E-state index contributed by atoms with van der Waals surface area (Å²) in [5.41, 5.74) is 1.61. The Morgan fingerprint density at radius 2 is 2.06 bits per heavy atom. The van der Waals surface area contributed by atoms with Crippen molar-refractivity contribution in [2.24, 2.45) is 0 Å². The lowest BCUT2D eigenvalue weighted by atomic mass is 10.1. The summed E-state index contributed by atoms with van der Waals surface area (Å²) < 4.78 is 28.4. The van der Waals surface area contributed by atoms with Crippen molar-refractivity contribution >= 4 is 25.8 Å². The zero-order valence-corrected chi connectivity index (χ0v) is 12.8. The largest absolute Gasteiger partial charge is 0.493 e. The molecule has 6 heteroatoms. The third kappa shape index (κ3) is 4.96. The lowest BCUT2D eigenvalue weighted by Gasteiger charge is -2.13. The smallest absolute Gasteiger partial charge is 0.147 e. The van der Waals surface area contributed by atoms with Crippen LogP contribution in [0.2, 0.25) is 0 Å². The lowest BCUT2D eigenvalue weighted by Crippen LogP contribution is -2.09. The summed E-state index contributed by atoms with van der Waals surface area (Å²) in [6.45, 7) is 2.10. The van der Waals surface area contributed by atoms with E-state index in [9.17, 15) is 13.5 Å². The minimum absolute atomic E-state index is 0.108. The molecule has 0 aliphatic rings. The number of sulfone groups is 1. The van der Waals surface area contributed by atoms with Crippen LogP contribution in [0.1, 0.15) is 17.5 Å². The Hall–Kier alpha value is -0.590. The van der Waals surface area contributed by atoms with Crippen LogP contribution >= 0.6 is 15.9 Å². The first-order chi connectivity index (χ1) is 8.33. The Bertz CT molecular complexity index is 511. The highest BCUT2D eigenvalue weighted by Gasteiger charge is 2.09. The van der Waals surface area contributed by atoms with Gasteiger partial charge in [-0.3, -0.25) is 0 Å². The number of halogens is 1. The van der Waals surface area contributed by atoms with Crippen molar-refractivity contribution in [3.63, 3.8) is 0 Å². The molecule has 0 saturated carbocycles. The van der Waals surface area contributed by atoms with Crippen LogP contribution in [0.4, 0.5) is 0 Å². The van der Waals surface area contributed by atoms with E-state index in [1.54, 1.807) is 6.07 Å². The molecule has 1 rings (SSSR count). The van der Waals surface area contributed by atoms with Crippen LogP contribution in [-0.2, 0) is 16.4 Å². The van der Waals surface area contributed by atoms with Gasteiger partial charge in [-0.25, -0.2) is 8.42 Å². The second-order valence-corrected chi connectivity index (χ2v) is 7.38. The molecule has 0 amide bonds. The number of aliphatic hydroxyl groups is 1. The van der Waals surface area contributed by atoms with Gasteiger partial charge in [0.2, 0.25) is 0 Å². The molecule has 0 aliphatic carbocycles. The maximum Gasteiger partial charge on any atom is 0.147 e. The standard InChI is InChI=1S/C12H17BrO4S/c1-9-6-11(13)7-10(8-14)12(9)17-4-3-5-18(2,15)16/h6-7,14H,3-5,8H2,1-2H3. The summed E-state index contributed by atoms with van der Waals surface area (Å²) in [5.74, 6) is 0.742. The average molecular weight is 337 g/mol. The summed E-state index contributed by atoms with van der Waals surface area (Å²) >= 11 is 3.35. The number of aliphatic hydroxyl groups excluding tert-OH is 1. The molecule has 102 valence electrons. The number of aryl methyl sites for hydroxylation is 1. The fraction of sp³-hybridized carbons (Fsp3) is 0.500. The zero-order valence-electron chi connectivity index (χ0n) is 10.4. The Morgan fingerprint density at radius 1 is 1.39 bits per heavy atom. The SMILES string of the molecule is Cc1cc(Br)cc(CO)c1OCCCS(C)(=O)=O. The molecule has 0 bridgehead atoms. The molecule has 0 aliphatic heterocycles. The van der Waals surface area contributed by atoms with E-state index < -0.39 is 9.84 Å². The van der Waals surface area contributed by atoms with Gasteiger partial charge < -0.3 is 9.84 Å². The van der Waals surface area contributed by atoms with Crippen LogP contribution < -0.4 is 4.74 Å². The van der Waals surface area contributed by atoms with Crippen molar-refractivity contribution in [3.8, 4) is 5.75 Å². The van der Waals surface area contributed by atoms with E-state index in [1.165, 1.54) is 6.26 Å². The van der Waals surface area contributed by atoms with E-state index in [1.807, 2.05) is 13.0 Å². The molecule has 0 fully saturated rings. The summed E-state index contributed by atoms with van der Waals surface area (Å²) in [4.78, 5) is 0. The summed E-state index contributed by atoms with van der Waals surface area (Å²) in [7, 11) is -2.95. The Balaban J connectivity index is 2.67. The maximum atomic E-state index is 11.0. The predicted octanol–water partition coefficient (Wildman–Crippen LogP) is 2.06. The molecule has 0 aromatic heterocycles. The Morgan fingerprint density at radius 3 is 2.61 bits per heavy atom. The highest BCUT2D eigenvalue weighted by molar-refractivity contribution is 9.10. The van der Waals surface area contributed by atoms with Gasteiger partial charge in [0.1, 0.15) is 15.6 Å². The molecule has 1 aromatic carbocycles. The summed E-state index contributed by atoms with van der Waals surface area (Å²) in [5, 5.41) is 9.26. The van der Waals surface area contributed by atoms with Gasteiger partial charge in [-0.2, -0.15) is 0 Å². The number of benzene rings is 1. The van der Waals surface area contributed by atoms with E-state index >= 15 is 0 Å². The van der Waals surface area contributed by atoms with E-state index in [2.05, 4.69) is 15.9 Å². The first kappa shape index (κ1) is 15.5. The van der Waals surface area contributed by atoms with Gasteiger partial charge in [0.05, 0.1) is 19.0 Å². The Kier molecular flexibility index (Phi) is 5.62. The second kappa shape index (κ2) is 6.54. The molecule has 4 nitrogen and oxygen atoms in total. The molecular formula is C12H17BrO4S. The van der Waals surface area contributed by atoms with Crippen LogP contribution in [0.15, 0.2) is 16.6 Å². The molecule has 18 heavy (non-hydrogen) atoms. The first-order valence-electron chi connectivity index (χ1n) is 5.54. The van der Waals surface area contributed by atoms with Gasteiger partial charge in [0.25, 0.3) is 0 Å². The second-order valence-electron chi connectivity index (χ2n) is 4.20. The molecule has 0 saturated heterocycles. The minimum atomic E-state index is -2.95. The zero-order chi connectivity index (χ0) is 13.8. The maximum absolute atomic E-state index is 11.0. The van der Waals surface area contributed by atoms with Crippen LogP contribution in [0, 0.1) is 6.92 Å². The molecular weight excluding hydrogens is 320 g/mol. The van der Waals surface area contributed by atoms with Gasteiger partial charge in [0.15, 0.2) is 0 Å². The van der Waals surface area contributed by atoms with Crippen LogP contribution in [-0.4, -0.2) is 32.1 Å². The van der Waals surface area contributed by atoms with E-state index in [0.29, 0.717) is 24.3 Å². The minimum Gasteiger partial charge on any atom is -0.493 e. The van der Waals surface area contributed by atoms with Crippen LogP contribution in [0.5, 0.6) is 5.75 Å². The molecule has 1 N–H and O–H groups in total. The fourth-order valence-corrected chi connectivity index (χ4v) is 2.88. The van der Waals surface area contributed by atoms with E-state index in [-0.39, 0.29) is 12.4 Å².